The van der Waals surface area contributed by atoms with Crippen molar-refractivity contribution >= 4 is 0 Å². The zero-order valence-electron chi connectivity index (χ0n) is 4.66. The average Bonchev–Trinajstić information content (AvgIpc) is 1.56. The van der Waals surface area contributed by atoms with E-state index in [1.807, 2.05) is 0 Å². The zero-order chi connectivity index (χ0) is 9.28. The molecule has 0 spiro atoms. The Morgan fingerprint density at radius 1 is 1.00 bits per heavy atom. The maximum Gasteiger partial charge on any atom is 0.525 e. The first kappa shape index (κ1) is 10.5. The van der Waals surface area contributed by atoms with Gasteiger partial charge in [0.05, 0.1) is 0 Å². The van der Waals surface area contributed by atoms with E-state index in [0.29, 0.717) is 0 Å². The molecular formula is C3HF6O2. The molecule has 1 radical (unpaired) electrons. The van der Waals surface area contributed by atoms with E-state index in [2.05, 4.69) is 4.74 Å². The SMILES string of the molecule is [O]C(OC(F)(F)F)C(F)(F)F. The summed E-state index contributed by atoms with van der Waals surface area (Å²) < 4.78 is 68.0. The predicted molar refractivity (Wildman–Crippen MR) is 17.7 cm³/mol. The molecule has 0 rings (SSSR count). The van der Waals surface area contributed by atoms with Gasteiger partial charge in [0.2, 0.25) is 0 Å². The Hall–Kier alpha value is -0.500. The van der Waals surface area contributed by atoms with Gasteiger partial charge in [-0.05, 0) is 0 Å². The molecule has 0 fully saturated rings. The zero-order valence-corrected chi connectivity index (χ0v) is 4.66. The smallest absolute Gasteiger partial charge is 0.249 e. The third kappa shape index (κ3) is 4.85. The van der Waals surface area contributed by atoms with Gasteiger partial charge < -0.3 is 0 Å². The molecule has 1 atom stereocenters. The summed E-state index contributed by atoms with van der Waals surface area (Å²) in [7, 11) is 0. The summed E-state index contributed by atoms with van der Waals surface area (Å²) in [5, 5.41) is 9.50. The van der Waals surface area contributed by atoms with Gasteiger partial charge in [-0.25, -0.2) is 4.74 Å². The number of hydrogen-bond donors (Lipinski definition) is 0. The molecule has 0 N–H and O–H groups in total. The number of halogens is 6. The molecule has 8 heteroatoms. The van der Waals surface area contributed by atoms with Crippen LogP contribution >= 0.6 is 0 Å². The summed E-state index contributed by atoms with van der Waals surface area (Å²) in [6.07, 6.45) is -15.2. The van der Waals surface area contributed by atoms with Gasteiger partial charge in [-0.15, -0.1) is 13.2 Å². The number of rotatable bonds is 1. The maximum atomic E-state index is 11.0. The number of hydrogen-bond acceptors (Lipinski definition) is 1. The minimum atomic E-state index is -5.55. The van der Waals surface area contributed by atoms with Crippen LogP contribution in [-0.4, -0.2) is 18.8 Å². The van der Waals surface area contributed by atoms with Gasteiger partial charge in [0, 0.05) is 0 Å². The fraction of sp³-hybridized carbons (Fsp3) is 1.00. The van der Waals surface area contributed by atoms with Crippen molar-refractivity contribution in [2.24, 2.45) is 0 Å². The van der Waals surface area contributed by atoms with Crippen LogP contribution in [0.15, 0.2) is 0 Å². The summed E-state index contributed by atoms with van der Waals surface area (Å²) in [5.74, 6) is 0. The van der Waals surface area contributed by atoms with E-state index >= 15 is 0 Å². The Balaban J connectivity index is 3.99. The summed E-state index contributed by atoms with van der Waals surface area (Å²) in [4.78, 5) is 0. The van der Waals surface area contributed by atoms with Gasteiger partial charge in [-0.1, -0.05) is 0 Å². The van der Waals surface area contributed by atoms with Crippen molar-refractivity contribution in [2.75, 3.05) is 0 Å². The van der Waals surface area contributed by atoms with Crippen LogP contribution in [0.1, 0.15) is 0 Å². The minimum Gasteiger partial charge on any atom is -0.249 e. The van der Waals surface area contributed by atoms with E-state index in [9.17, 15) is 31.4 Å². The van der Waals surface area contributed by atoms with E-state index in [4.69, 9.17) is 0 Å². The summed E-state index contributed by atoms with van der Waals surface area (Å²) in [6.45, 7) is 0. The first-order valence-corrected chi connectivity index (χ1v) is 2.10. The van der Waals surface area contributed by atoms with E-state index < -0.39 is 18.8 Å². The van der Waals surface area contributed by atoms with Crippen LogP contribution in [0.5, 0.6) is 0 Å². The highest BCUT2D eigenvalue weighted by atomic mass is 19.4. The molecule has 11 heavy (non-hydrogen) atoms. The predicted octanol–water partition coefficient (Wildman–Crippen LogP) is 1.84. The van der Waals surface area contributed by atoms with Crippen molar-refractivity contribution in [3.8, 4) is 0 Å². The Kier molecular flexibility index (Phi) is 2.73. The maximum absolute atomic E-state index is 11.0. The van der Waals surface area contributed by atoms with Crippen molar-refractivity contribution in [2.45, 2.75) is 18.8 Å². The number of alkyl halides is 6. The highest BCUT2D eigenvalue weighted by molar-refractivity contribution is 4.52. The third-order valence-electron chi connectivity index (χ3n) is 0.508. The summed E-state index contributed by atoms with van der Waals surface area (Å²) in [5.41, 5.74) is 0. The lowest BCUT2D eigenvalue weighted by atomic mass is 10.6. The average molecular weight is 183 g/mol. The van der Waals surface area contributed by atoms with Gasteiger partial charge in [-0.2, -0.15) is 18.3 Å². The van der Waals surface area contributed by atoms with Gasteiger partial charge >= 0.3 is 12.5 Å². The first-order valence-electron chi connectivity index (χ1n) is 2.10. The van der Waals surface area contributed by atoms with Crippen LogP contribution in [0.3, 0.4) is 0 Å². The van der Waals surface area contributed by atoms with Crippen molar-refractivity contribution in [3.63, 3.8) is 0 Å². The molecule has 2 nitrogen and oxygen atoms in total. The van der Waals surface area contributed by atoms with Crippen molar-refractivity contribution < 1.29 is 36.2 Å². The van der Waals surface area contributed by atoms with E-state index in [-0.39, 0.29) is 0 Å². The monoisotopic (exact) mass is 183 g/mol. The standard InChI is InChI=1S/C3HF6O2/c4-2(5,6)1(10)11-3(7,8)9/h1H. The second-order valence-electron chi connectivity index (χ2n) is 1.44. The second kappa shape index (κ2) is 2.86. The fourth-order valence-electron chi connectivity index (χ4n) is 0.188. The molecule has 0 aromatic carbocycles. The molecule has 0 aliphatic rings. The second-order valence-corrected chi connectivity index (χ2v) is 1.44. The Labute approximate surface area is 56.4 Å². The van der Waals surface area contributed by atoms with Gasteiger partial charge in [0.15, 0.2) is 0 Å². The molecule has 0 aliphatic carbocycles. The van der Waals surface area contributed by atoms with Gasteiger partial charge in [0.1, 0.15) is 0 Å². The molecule has 1 unspecified atom stereocenters. The molecule has 0 aromatic heterocycles. The molecule has 0 aromatic rings. The van der Waals surface area contributed by atoms with Crippen LogP contribution in [0.25, 0.3) is 0 Å². The summed E-state index contributed by atoms with van der Waals surface area (Å²) in [6, 6.07) is 0. The third-order valence-corrected chi connectivity index (χ3v) is 0.508. The molecule has 0 heterocycles. The number of ether oxygens (including phenoxy) is 1. The molecular weight excluding hydrogens is 182 g/mol. The molecule has 0 saturated heterocycles. The normalized spacial score (nSPS) is 16.6. The largest absolute Gasteiger partial charge is 0.525 e. The Morgan fingerprint density at radius 2 is 1.36 bits per heavy atom. The Morgan fingerprint density at radius 3 is 1.45 bits per heavy atom. The summed E-state index contributed by atoms with van der Waals surface area (Å²) >= 11 is 0. The van der Waals surface area contributed by atoms with Gasteiger partial charge in [0.25, 0.3) is 6.29 Å². The molecule has 0 saturated carbocycles. The van der Waals surface area contributed by atoms with Gasteiger partial charge in [-0.3, -0.25) is 0 Å². The lowest BCUT2D eigenvalue weighted by molar-refractivity contribution is -0.430. The first-order chi connectivity index (χ1) is 4.63. The fourth-order valence-corrected chi connectivity index (χ4v) is 0.188. The Bertz CT molecular complexity index is 125. The molecule has 0 bridgehead atoms. The lowest BCUT2D eigenvalue weighted by Gasteiger charge is -2.14. The van der Waals surface area contributed by atoms with Crippen molar-refractivity contribution in [3.05, 3.63) is 0 Å². The molecule has 0 amide bonds. The highest BCUT2D eigenvalue weighted by Gasteiger charge is 2.48. The molecule has 67 valence electrons. The van der Waals surface area contributed by atoms with E-state index in [1.165, 1.54) is 0 Å². The van der Waals surface area contributed by atoms with E-state index in [1.54, 1.807) is 0 Å². The quantitative estimate of drug-likeness (QED) is 0.450. The molecule has 0 aliphatic heterocycles. The van der Waals surface area contributed by atoms with Crippen LogP contribution in [-0.2, 0) is 9.84 Å². The van der Waals surface area contributed by atoms with Crippen LogP contribution in [0, 0.1) is 0 Å². The van der Waals surface area contributed by atoms with Crippen molar-refractivity contribution in [1.82, 2.24) is 0 Å². The van der Waals surface area contributed by atoms with Crippen LogP contribution < -0.4 is 0 Å². The topological polar surface area (TPSA) is 29.1 Å². The van der Waals surface area contributed by atoms with Crippen LogP contribution in [0.2, 0.25) is 0 Å². The lowest BCUT2D eigenvalue weighted by Crippen LogP contribution is -2.35. The minimum absolute atomic E-state index is 2.12. The van der Waals surface area contributed by atoms with Crippen molar-refractivity contribution in [1.29, 1.82) is 0 Å². The van der Waals surface area contributed by atoms with E-state index in [0.717, 1.165) is 0 Å². The highest BCUT2D eigenvalue weighted by Crippen LogP contribution is 2.27. The van der Waals surface area contributed by atoms with Crippen LogP contribution in [0.4, 0.5) is 26.3 Å².